The fourth-order valence-electron chi connectivity index (χ4n) is 0.639. The summed E-state index contributed by atoms with van der Waals surface area (Å²) in [6.45, 7) is 1.98. The predicted molar refractivity (Wildman–Crippen MR) is 36.2 cm³/mol. The molecule has 4 nitrogen and oxygen atoms in total. The molecule has 0 aliphatic heterocycles. The second kappa shape index (κ2) is 5.20. The lowest BCUT2D eigenvalue weighted by Crippen LogP contribution is -2.26. The number of carboxylic acid groups (broad SMARTS) is 1. The average molecular weight is 147 g/mol. The van der Waals surface area contributed by atoms with Gasteiger partial charge in [-0.2, -0.15) is 0 Å². The van der Waals surface area contributed by atoms with Crippen LogP contribution in [0, 0.1) is 0 Å². The van der Waals surface area contributed by atoms with Crippen LogP contribution in [0.5, 0.6) is 0 Å². The molecule has 3 N–H and O–H groups in total. The van der Waals surface area contributed by atoms with Crippen molar-refractivity contribution in [1.29, 1.82) is 0 Å². The van der Waals surface area contributed by atoms with E-state index >= 15 is 0 Å². The topological polar surface area (TPSA) is 72.5 Å². The summed E-state index contributed by atoms with van der Waals surface area (Å²) in [6, 6.07) is 0. The molecule has 60 valence electrons. The summed E-state index contributed by atoms with van der Waals surface area (Å²) in [7, 11) is 0. The lowest BCUT2D eigenvalue weighted by molar-refractivity contribution is -0.151. The Balaban J connectivity index is 3.50. The summed E-state index contributed by atoms with van der Waals surface area (Å²) in [5.74, 6) is 3.74. The van der Waals surface area contributed by atoms with E-state index in [1.807, 2.05) is 6.92 Å². The van der Waals surface area contributed by atoms with Gasteiger partial charge in [-0.15, -0.1) is 0 Å². The van der Waals surface area contributed by atoms with Crippen molar-refractivity contribution in [3.05, 3.63) is 0 Å². The summed E-state index contributed by atoms with van der Waals surface area (Å²) >= 11 is 0. The standard InChI is InChI=1S/C6H13NO3/c1-2-3-4-5(10-7)6(8)9/h5H,2-4,7H2,1H3,(H,8,9). The summed E-state index contributed by atoms with van der Waals surface area (Å²) in [5.41, 5.74) is 0. The summed E-state index contributed by atoms with van der Waals surface area (Å²) in [4.78, 5) is 14.4. The van der Waals surface area contributed by atoms with Crippen LogP contribution in [0.2, 0.25) is 0 Å². The van der Waals surface area contributed by atoms with Gasteiger partial charge < -0.3 is 5.11 Å². The largest absolute Gasteiger partial charge is 0.479 e. The maximum atomic E-state index is 10.2. The predicted octanol–water partition coefficient (Wildman–Crippen LogP) is 0.520. The number of rotatable bonds is 5. The molecule has 1 atom stereocenters. The smallest absolute Gasteiger partial charge is 0.334 e. The van der Waals surface area contributed by atoms with Gasteiger partial charge in [0.25, 0.3) is 0 Å². The highest BCUT2D eigenvalue weighted by Crippen LogP contribution is 2.02. The third kappa shape index (κ3) is 3.42. The molecule has 1 unspecified atom stereocenters. The summed E-state index contributed by atoms with van der Waals surface area (Å²) in [5, 5.41) is 8.39. The normalized spacial score (nSPS) is 13.0. The molecule has 0 aliphatic carbocycles. The van der Waals surface area contributed by atoms with E-state index in [2.05, 4.69) is 4.84 Å². The number of nitrogens with two attached hydrogens (primary N) is 1. The van der Waals surface area contributed by atoms with Gasteiger partial charge in [0.05, 0.1) is 0 Å². The molecule has 0 aliphatic rings. The maximum absolute atomic E-state index is 10.2. The minimum Gasteiger partial charge on any atom is -0.479 e. The Bertz CT molecular complexity index is 105. The monoisotopic (exact) mass is 147 g/mol. The molecule has 0 spiro atoms. The first-order valence-corrected chi connectivity index (χ1v) is 3.30. The molecule has 0 amide bonds. The van der Waals surface area contributed by atoms with Crippen molar-refractivity contribution in [3.63, 3.8) is 0 Å². The second-order valence-electron chi connectivity index (χ2n) is 2.11. The van der Waals surface area contributed by atoms with Crippen molar-refractivity contribution in [1.82, 2.24) is 0 Å². The number of aliphatic carboxylic acids is 1. The molecule has 0 fully saturated rings. The van der Waals surface area contributed by atoms with Gasteiger partial charge in [0.1, 0.15) is 0 Å². The Kier molecular flexibility index (Phi) is 4.88. The Morgan fingerprint density at radius 1 is 1.80 bits per heavy atom. The molecule has 0 heterocycles. The minimum atomic E-state index is -0.990. The van der Waals surface area contributed by atoms with Gasteiger partial charge in [-0.3, -0.25) is 4.84 Å². The molecule has 0 aromatic rings. The van der Waals surface area contributed by atoms with Crippen molar-refractivity contribution in [2.45, 2.75) is 32.3 Å². The van der Waals surface area contributed by atoms with Crippen LogP contribution < -0.4 is 5.90 Å². The zero-order valence-electron chi connectivity index (χ0n) is 6.04. The minimum absolute atomic E-state index is 0.488. The van der Waals surface area contributed by atoms with Crippen molar-refractivity contribution in [3.8, 4) is 0 Å². The first kappa shape index (κ1) is 9.39. The lowest BCUT2D eigenvalue weighted by Gasteiger charge is -2.06. The molecule has 0 saturated carbocycles. The highest BCUT2D eigenvalue weighted by atomic mass is 16.6. The van der Waals surface area contributed by atoms with Gasteiger partial charge in [0, 0.05) is 0 Å². The summed E-state index contributed by atoms with van der Waals surface area (Å²) < 4.78 is 0. The van der Waals surface area contributed by atoms with E-state index in [1.165, 1.54) is 0 Å². The third-order valence-electron chi connectivity index (χ3n) is 1.26. The van der Waals surface area contributed by atoms with Crippen LogP contribution in [0.1, 0.15) is 26.2 Å². The van der Waals surface area contributed by atoms with Crippen molar-refractivity contribution < 1.29 is 14.7 Å². The van der Waals surface area contributed by atoms with Crippen LogP contribution in [-0.4, -0.2) is 17.2 Å². The van der Waals surface area contributed by atoms with Gasteiger partial charge >= 0.3 is 5.97 Å². The third-order valence-corrected chi connectivity index (χ3v) is 1.26. The van der Waals surface area contributed by atoms with Crippen LogP contribution in [0.3, 0.4) is 0 Å². The molecule has 4 heteroatoms. The molecule has 0 bridgehead atoms. The Morgan fingerprint density at radius 2 is 2.40 bits per heavy atom. The van der Waals surface area contributed by atoms with Crippen LogP contribution in [0.25, 0.3) is 0 Å². The van der Waals surface area contributed by atoms with Gasteiger partial charge in [-0.25, -0.2) is 10.7 Å². The fourth-order valence-corrected chi connectivity index (χ4v) is 0.639. The Hall–Kier alpha value is -0.610. The molecule has 10 heavy (non-hydrogen) atoms. The molecule has 0 aromatic heterocycles. The van der Waals surface area contributed by atoms with Crippen LogP contribution in [0.4, 0.5) is 0 Å². The average Bonchev–Trinajstić information content (AvgIpc) is 1.89. The van der Waals surface area contributed by atoms with E-state index < -0.39 is 12.1 Å². The van der Waals surface area contributed by atoms with E-state index in [1.54, 1.807) is 0 Å². The van der Waals surface area contributed by atoms with E-state index in [0.717, 1.165) is 12.8 Å². The molecule has 0 rings (SSSR count). The number of hydrogen-bond acceptors (Lipinski definition) is 3. The molecular formula is C6H13NO3. The molecule has 0 saturated heterocycles. The van der Waals surface area contributed by atoms with E-state index in [0.29, 0.717) is 6.42 Å². The van der Waals surface area contributed by atoms with E-state index in [-0.39, 0.29) is 0 Å². The quantitative estimate of drug-likeness (QED) is 0.556. The lowest BCUT2D eigenvalue weighted by atomic mass is 10.2. The number of unbranched alkanes of at least 4 members (excludes halogenated alkanes) is 1. The number of hydrogen-bond donors (Lipinski definition) is 2. The second-order valence-corrected chi connectivity index (χ2v) is 2.11. The number of carbonyl (C=O) groups is 1. The zero-order valence-corrected chi connectivity index (χ0v) is 6.04. The van der Waals surface area contributed by atoms with Crippen molar-refractivity contribution in [2.75, 3.05) is 0 Å². The van der Waals surface area contributed by atoms with Gasteiger partial charge in [0.15, 0.2) is 6.10 Å². The molecule has 0 aromatic carbocycles. The first-order chi connectivity index (χ1) is 4.72. The van der Waals surface area contributed by atoms with E-state index in [4.69, 9.17) is 11.0 Å². The SMILES string of the molecule is CCCCC(ON)C(=O)O. The Morgan fingerprint density at radius 3 is 2.70 bits per heavy atom. The van der Waals surface area contributed by atoms with Gasteiger partial charge in [-0.05, 0) is 6.42 Å². The highest BCUT2D eigenvalue weighted by Gasteiger charge is 2.15. The molecular weight excluding hydrogens is 134 g/mol. The molecule has 0 radical (unpaired) electrons. The van der Waals surface area contributed by atoms with Crippen molar-refractivity contribution in [2.24, 2.45) is 5.90 Å². The highest BCUT2D eigenvalue weighted by molar-refractivity contribution is 5.72. The van der Waals surface area contributed by atoms with Crippen LogP contribution in [-0.2, 0) is 9.63 Å². The first-order valence-electron chi connectivity index (χ1n) is 3.30. The van der Waals surface area contributed by atoms with Gasteiger partial charge in [0.2, 0.25) is 0 Å². The van der Waals surface area contributed by atoms with Crippen LogP contribution in [0.15, 0.2) is 0 Å². The Labute approximate surface area is 59.9 Å². The van der Waals surface area contributed by atoms with Crippen LogP contribution >= 0.6 is 0 Å². The van der Waals surface area contributed by atoms with Crippen molar-refractivity contribution >= 4 is 5.97 Å². The number of carboxylic acids is 1. The zero-order chi connectivity index (χ0) is 7.98. The fraction of sp³-hybridized carbons (Fsp3) is 0.833. The maximum Gasteiger partial charge on any atom is 0.334 e. The van der Waals surface area contributed by atoms with E-state index in [9.17, 15) is 4.79 Å². The summed E-state index contributed by atoms with van der Waals surface area (Å²) in [6.07, 6.45) is 1.43. The van der Waals surface area contributed by atoms with Gasteiger partial charge in [-0.1, -0.05) is 19.8 Å².